The van der Waals surface area contributed by atoms with Gasteiger partial charge < -0.3 is 18.9 Å². The van der Waals surface area contributed by atoms with E-state index < -0.39 is 18.7 Å². The molecule has 2 aromatic heterocycles. The highest BCUT2D eigenvalue weighted by molar-refractivity contribution is 6.07. The first-order chi connectivity index (χ1) is 13.6. The summed E-state index contributed by atoms with van der Waals surface area (Å²) in [5, 5.41) is 0.537. The largest absolute Gasteiger partial charge is 0.479 e. The second kappa shape index (κ2) is 7.86. The number of carbonyl (C=O) groups is 1. The van der Waals surface area contributed by atoms with Crippen LogP contribution in [0.1, 0.15) is 11.4 Å². The highest BCUT2D eigenvalue weighted by Gasteiger charge is 2.31. The summed E-state index contributed by atoms with van der Waals surface area (Å²) >= 11 is 0. The van der Waals surface area contributed by atoms with Gasteiger partial charge in [0.2, 0.25) is 5.88 Å². The lowest BCUT2D eigenvalue weighted by Crippen LogP contribution is -2.18. The molecule has 3 rings (SSSR count). The van der Waals surface area contributed by atoms with Gasteiger partial charge in [0, 0.05) is 11.9 Å². The average Bonchev–Trinajstić information content (AvgIpc) is 2.92. The van der Waals surface area contributed by atoms with E-state index in [1.54, 1.807) is 18.2 Å². The van der Waals surface area contributed by atoms with E-state index in [2.05, 4.69) is 14.7 Å². The predicted molar refractivity (Wildman–Crippen MR) is 101 cm³/mol. The lowest BCUT2D eigenvalue weighted by molar-refractivity contribution is -0.140. The van der Waals surface area contributed by atoms with Gasteiger partial charge in [-0.2, -0.15) is 18.2 Å². The van der Waals surface area contributed by atoms with Gasteiger partial charge in [0.05, 0.1) is 19.7 Å². The molecule has 0 atom stereocenters. The molecule has 0 aliphatic heterocycles. The fourth-order valence-corrected chi connectivity index (χ4v) is 3.27. The molecule has 0 aliphatic rings. The van der Waals surface area contributed by atoms with Crippen LogP contribution in [0.4, 0.5) is 13.2 Å². The number of aromatic nitrogens is 3. The van der Waals surface area contributed by atoms with E-state index in [0.717, 1.165) is 10.1 Å². The summed E-state index contributed by atoms with van der Waals surface area (Å²) < 4.78 is 50.9. The second-order valence-electron chi connectivity index (χ2n) is 6.89. The Bertz CT molecular complexity index is 1060. The lowest BCUT2D eigenvalue weighted by atomic mass is 10.1. The molecule has 0 saturated heterocycles. The molecule has 0 bridgehead atoms. The fraction of sp³-hybridized carbons (Fsp3) is 0.421. The summed E-state index contributed by atoms with van der Waals surface area (Å²) in [5.41, 5.74) is 1.72. The maximum absolute atomic E-state index is 13.3. The van der Waals surface area contributed by atoms with Crippen molar-refractivity contribution in [2.45, 2.75) is 25.7 Å². The van der Waals surface area contributed by atoms with Crippen LogP contribution in [0.3, 0.4) is 0 Å². The third-order valence-corrected chi connectivity index (χ3v) is 4.33. The fourth-order valence-electron chi connectivity index (χ4n) is 3.27. The van der Waals surface area contributed by atoms with Crippen LogP contribution in [0.2, 0.25) is 0 Å². The third-order valence-electron chi connectivity index (χ3n) is 4.33. The molecule has 1 aromatic carbocycles. The van der Waals surface area contributed by atoms with Crippen molar-refractivity contribution >= 4 is 27.9 Å². The molecule has 0 amide bonds. The Balaban J connectivity index is 2.32. The molecule has 0 spiro atoms. The Labute approximate surface area is 165 Å². The van der Waals surface area contributed by atoms with Crippen LogP contribution in [0.5, 0.6) is 5.88 Å². The van der Waals surface area contributed by atoms with Crippen molar-refractivity contribution in [1.82, 2.24) is 19.4 Å². The number of esters is 1. The first kappa shape index (κ1) is 20.8. The number of halogens is 3. The number of nitrogens with zero attached hydrogens (tertiary/aromatic N) is 4. The van der Waals surface area contributed by atoms with Crippen LogP contribution < -0.4 is 4.74 Å². The molecule has 0 N–H and O–H groups in total. The van der Waals surface area contributed by atoms with E-state index in [1.165, 1.54) is 14.2 Å². The number of fused-ring (bicyclic) bond motifs is 3. The maximum atomic E-state index is 13.3. The van der Waals surface area contributed by atoms with Crippen LogP contribution in [-0.2, 0) is 29.0 Å². The van der Waals surface area contributed by atoms with Crippen molar-refractivity contribution < 1.29 is 27.4 Å². The van der Waals surface area contributed by atoms with Crippen LogP contribution >= 0.6 is 0 Å². The van der Waals surface area contributed by atoms with Gasteiger partial charge in [0.1, 0.15) is 29.8 Å². The number of hydrogen-bond acceptors (Lipinski definition) is 6. The molecule has 10 heteroatoms. The van der Waals surface area contributed by atoms with E-state index in [1.807, 2.05) is 19.0 Å². The minimum atomic E-state index is -4.45. The van der Waals surface area contributed by atoms with E-state index >= 15 is 0 Å². The summed E-state index contributed by atoms with van der Waals surface area (Å²) in [5.74, 6) is -0.465. The predicted octanol–water partition coefficient (Wildman–Crippen LogP) is 2.93. The lowest BCUT2D eigenvalue weighted by Gasteiger charge is -2.13. The van der Waals surface area contributed by atoms with Crippen LogP contribution in [0.25, 0.3) is 21.9 Å². The molecule has 29 heavy (non-hydrogen) atoms. The standard InChI is InChI=1S/C19H21F3N4O3/c1-25(2)9-11-5-6-13-12(7-11)16-17(26(13)10-19(20,21)22)18(29-4)24-14(23-16)8-15(27)28-3/h5-7H,8-10H2,1-4H3. The number of alkyl halides is 3. The molecular formula is C19H21F3N4O3. The molecule has 2 heterocycles. The Morgan fingerprint density at radius 3 is 2.52 bits per heavy atom. The van der Waals surface area contributed by atoms with Crippen molar-refractivity contribution in [2.75, 3.05) is 28.3 Å². The monoisotopic (exact) mass is 410 g/mol. The maximum Gasteiger partial charge on any atom is 0.406 e. The first-order valence-corrected chi connectivity index (χ1v) is 8.77. The number of rotatable bonds is 6. The SMILES string of the molecule is COC(=O)Cc1nc(OC)c2c(n1)c1cc(CN(C)C)ccc1n2CC(F)(F)F. The topological polar surface area (TPSA) is 69.5 Å². The van der Waals surface area contributed by atoms with Crippen molar-refractivity contribution in [2.24, 2.45) is 0 Å². The molecular weight excluding hydrogens is 389 g/mol. The average molecular weight is 410 g/mol. The van der Waals surface area contributed by atoms with E-state index in [4.69, 9.17) is 4.74 Å². The van der Waals surface area contributed by atoms with Gasteiger partial charge in [-0.3, -0.25) is 4.79 Å². The van der Waals surface area contributed by atoms with Gasteiger partial charge in [-0.05, 0) is 31.8 Å². The van der Waals surface area contributed by atoms with Gasteiger partial charge in [0.15, 0.2) is 0 Å². The summed E-state index contributed by atoms with van der Waals surface area (Å²) in [6.07, 6.45) is -4.66. The van der Waals surface area contributed by atoms with Crippen LogP contribution in [-0.4, -0.2) is 59.9 Å². The summed E-state index contributed by atoms with van der Waals surface area (Å²) in [6.45, 7) is -0.602. The highest BCUT2D eigenvalue weighted by Crippen LogP contribution is 2.35. The summed E-state index contributed by atoms with van der Waals surface area (Å²) in [7, 11) is 6.35. The minimum absolute atomic E-state index is 0.0245. The Kier molecular flexibility index (Phi) is 5.65. The molecule has 3 aromatic rings. The molecule has 156 valence electrons. The molecule has 7 nitrogen and oxygen atoms in total. The normalized spacial score (nSPS) is 12.1. The second-order valence-corrected chi connectivity index (χ2v) is 6.89. The zero-order valence-electron chi connectivity index (χ0n) is 16.5. The van der Waals surface area contributed by atoms with Gasteiger partial charge in [0.25, 0.3) is 0 Å². The number of hydrogen-bond donors (Lipinski definition) is 0. The van der Waals surface area contributed by atoms with E-state index in [0.29, 0.717) is 23.0 Å². The zero-order chi connectivity index (χ0) is 21.3. The van der Waals surface area contributed by atoms with Crippen molar-refractivity contribution in [3.05, 3.63) is 29.6 Å². The number of carbonyl (C=O) groups excluding carboxylic acids is 1. The Hall–Kier alpha value is -2.88. The molecule has 0 aliphatic carbocycles. The van der Waals surface area contributed by atoms with Crippen LogP contribution in [0, 0.1) is 0 Å². The number of benzene rings is 1. The highest BCUT2D eigenvalue weighted by atomic mass is 19.4. The quantitative estimate of drug-likeness (QED) is 0.582. The first-order valence-electron chi connectivity index (χ1n) is 8.77. The van der Waals surface area contributed by atoms with Crippen molar-refractivity contribution in [3.8, 4) is 5.88 Å². The molecule has 0 fully saturated rings. The van der Waals surface area contributed by atoms with Crippen molar-refractivity contribution in [1.29, 1.82) is 0 Å². The van der Waals surface area contributed by atoms with Gasteiger partial charge >= 0.3 is 12.1 Å². The Morgan fingerprint density at radius 1 is 1.21 bits per heavy atom. The summed E-state index contributed by atoms with van der Waals surface area (Å²) in [4.78, 5) is 22.1. The number of ether oxygens (including phenoxy) is 2. The molecule has 0 unspecified atom stereocenters. The van der Waals surface area contributed by atoms with Gasteiger partial charge in [-0.15, -0.1) is 0 Å². The smallest absolute Gasteiger partial charge is 0.406 e. The molecule has 0 radical (unpaired) electrons. The van der Waals surface area contributed by atoms with Crippen LogP contribution in [0.15, 0.2) is 18.2 Å². The zero-order valence-corrected chi connectivity index (χ0v) is 16.5. The Morgan fingerprint density at radius 2 is 1.93 bits per heavy atom. The third kappa shape index (κ3) is 4.42. The van der Waals surface area contributed by atoms with E-state index in [9.17, 15) is 18.0 Å². The van der Waals surface area contributed by atoms with Crippen molar-refractivity contribution in [3.63, 3.8) is 0 Å². The summed E-state index contributed by atoms with van der Waals surface area (Å²) in [6, 6.07) is 5.23. The molecule has 0 saturated carbocycles. The minimum Gasteiger partial charge on any atom is -0.479 e. The van der Waals surface area contributed by atoms with E-state index in [-0.39, 0.29) is 23.6 Å². The van der Waals surface area contributed by atoms with Gasteiger partial charge in [-0.25, -0.2) is 4.98 Å². The van der Waals surface area contributed by atoms with Gasteiger partial charge in [-0.1, -0.05) is 6.07 Å². The number of methoxy groups -OCH3 is 2.